The number of nitrogens with one attached hydrogen (secondary N) is 1. The summed E-state index contributed by atoms with van der Waals surface area (Å²) in [4.78, 5) is 32.7. The largest absolute Gasteiger partial charge is 0.481 e. The number of amides is 1. The van der Waals surface area contributed by atoms with Crippen LogP contribution in [0.4, 0.5) is 0 Å². The standard InChI is InChI=1S/C12H14N2O5/c1-7(11(16)17)5-9(6-8(2)12(18)19)14-10(15)3-4-13/h5-7H,3H2,1-2H3,(H,14,15)(H,16,17)(H,18,19). The minimum absolute atomic E-state index is 0.0371. The van der Waals surface area contributed by atoms with Crippen molar-refractivity contribution in [3.05, 3.63) is 23.4 Å². The molecule has 0 aromatic carbocycles. The Hall–Kier alpha value is -2.62. The van der Waals surface area contributed by atoms with Gasteiger partial charge in [-0.15, -0.1) is 0 Å². The van der Waals surface area contributed by atoms with Crippen molar-refractivity contribution in [2.75, 3.05) is 0 Å². The summed E-state index contributed by atoms with van der Waals surface area (Å²) in [6, 6.07) is 1.63. The molecule has 0 bridgehead atoms. The summed E-state index contributed by atoms with van der Waals surface area (Å²) in [6.07, 6.45) is 1.93. The van der Waals surface area contributed by atoms with Crippen LogP contribution in [0.2, 0.25) is 0 Å². The third-order valence-electron chi connectivity index (χ3n) is 2.05. The number of aliphatic carboxylic acids is 2. The topological polar surface area (TPSA) is 127 Å². The van der Waals surface area contributed by atoms with Crippen LogP contribution in [0.5, 0.6) is 0 Å². The molecule has 0 radical (unpaired) electrons. The van der Waals surface area contributed by atoms with Gasteiger partial charge in [0.15, 0.2) is 0 Å². The van der Waals surface area contributed by atoms with Crippen molar-refractivity contribution < 1.29 is 24.6 Å². The number of nitrogens with zero attached hydrogens (tertiary/aromatic N) is 1. The number of nitriles is 1. The highest BCUT2D eigenvalue weighted by atomic mass is 16.4. The van der Waals surface area contributed by atoms with Crippen molar-refractivity contribution in [1.82, 2.24) is 5.32 Å². The van der Waals surface area contributed by atoms with Gasteiger partial charge in [0.2, 0.25) is 5.91 Å². The summed E-state index contributed by atoms with van der Waals surface area (Å²) in [5, 5.41) is 28.1. The van der Waals surface area contributed by atoms with Gasteiger partial charge in [-0.1, -0.05) is 0 Å². The number of carbonyl (C=O) groups excluding carboxylic acids is 1. The number of allylic oxidation sites excluding steroid dienone is 1. The van der Waals surface area contributed by atoms with Crippen molar-refractivity contribution in [2.24, 2.45) is 5.92 Å². The minimum atomic E-state index is -1.19. The van der Waals surface area contributed by atoms with Crippen molar-refractivity contribution in [1.29, 1.82) is 5.26 Å². The van der Waals surface area contributed by atoms with Crippen LogP contribution in [0.25, 0.3) is 0 Å². The summed E-state index contributed by atoms with van der Waals surface area (Å²) in [7, 11) is 0. The molecule has 0 saturated carbocycles. The monoisotopic (exact) mass is 266 g/mol. The molecular formula is C12H14N2O5. The molecule has 19 heavy (non-hydrogen) atoms. The lowest BCUT2D eigenvalue weighted by Gasteiger charge is -2.07. The maximum absolute atomic E-state index is 11.3. The van der Waals surface area contributed by atoms with E-state index in [4.69, 9.17) is 15.5 Å². The lowest BCUT2D eigenvalue weighted by atomic mass is 10.1. The Kier molecular flexibility index (Phi) is 6.60. The van der Waals surface area contributed by atoms with Crippen molar-refractivity contribution in [2.45, 2.75) is 20.3 Å². The van der Waals surface area contributed by atoms with Crippen molar-refractivity contribution in [3.63, 3.8) is 0 Å². The van der Waals surface area contributed by atoms with Gasteiger partial charge in [-0.25, -0.2) is 4.79 Å². The number of hydrogen-bond donors (Lipinski definition) is 3. The van der Waals surface area contributed by atoms with Crippen molar-refractivity contribution >= 4 is 17.8 Å². The van der Waals surface area contributed by atoms with Gasteiger partial charge < -0.3 is 15.5 Å². The number of carbonyl (C=O) groups is 3. The van der Waals surface area contributed by atoms with Crippen LogP contribution in [0.15, 0.2) is 23.4 Å². The van der Waals surface area contributed by atoms with E-state index in [0.29, 0.717) is 0 Å². The van der Waals surface area contributed by atoms with E-state index in [9.17, 15) is 14.4 Å². The zero-order valence-electron chi connectivity index (χ0n) is 10.5. The van der Waals surface area contributed by atoms with Crippen LogP contribution >= 0.6 is 0 Å². The predicted molar refractivity (Wildman–Crippen MR) is 64.6 cm³/mol. The van der Waals surface area contributed by atoms with Crippen molar-refractivity contribution in [3.8, 4) is 6.07 Å². The first kappa shape index (κ1) is 16.4. The molecule has 0 fully saturated rings. The summed E-state index contributed by atoms with van der Waals surface area (Å²) in [5.74, 6) is -3.85. The second kappa shape index (κ2) is 7.66. The predicted octanol–water partition coefficient (Wildman–Crippen LogP) is 0.652. The molecular weight excluding hydrogens is 252 g/mol. The number of hydrogen-bond acceptors (Lipinski definition) is 4. The maximum Gasteiger partial charge on any atom is 0.331 e. The summed E-state index contributed by atoms with van der Waals surface area (Å²) in [6.45, 7) is 2.68. The molecule has 1 amide bonds. The van der Waals surface area contributed by atoms with E-state index in [1.807, 2.05) is 0 Å². The van der Waals surface area contributed by atoms with Gasteiger partial charge in [0.05, 0.1) is 12.0 Å². The third kappa shape index (κ3) is 6.63. The molecule has 0 aliphatic rings. The fourth-order valence-corrected chi connectivity index (χ4v) is 1.04. The highest BCUT2D eigenvalue weighted by molar-refractivity contribution is 5.87. The average molecular weight is 266 g/mol. The van der Waals surface area contributed by atoms with Crippen LogP contribution in [-0.2, 0) is 14.4 Å². The van der Waals surface area contributed by atoms with Gasteiger partial charge in [0.1, 0.15) is 6.42 Å². The SMILES string of the molecule is CC(=CC(=CC(C)C(=O)O)NC(=O)CC#N)C(=O)O. The number of rotatable bonds is 6. The minimum Gasteiger partial charge on any atom is -0.481 e. The molecule has 0 heterocycles. The zero-order valence-corrected chi connectivity index (χ0v) is 10.5. The van der Waals surface area contributed by atoms with Crippen LogP contribution in [0.1, 0.15) is 20.3 Å². The Morgan fingerprint density at radius 1 is 1.37 bits per heavy atom. The fourth-order valence-electron chi connectivity index (χ4n) is 1.04. The quantitative estimate of drug-likeness (QED) is 0.478. The fraction of sp³-hybridized carbons (Fsp3) is 0.333. The highest BCUT2D eigenvalue weighted by Crippen LogP contribution is 2.06. The molecule has 0 aromatic rings. The van der Waals surface area contributed by atoms with E-state index in [0.717, 1.165) is 6.08 Å². The first-order valence-corrected chi connectivity index (χ1v) is 5.31. The van der Waals surface area contributed by atoms with Crippen LogP contribution in [0, 0.1) is 17.2 Å². The Balaban J connectivity index is 5.21. The van der Waals surface area contributed by atoms with E-state index in [2.05, 4.69) is 5.32 Å². The van der Waals surface area contributed by atoms with E-state index in [1.54, 1.807) is 6.07 Å². The smallest absolute Gasteiger partial charge is 0.331 e. The van der Waals surface area contributed by atoms with Crippen LogP contribution < -0.4 is 5.32 Å². The van der Waals surface area contributed by atoms with Gasteiger partial charge >= 0.3 is 11.9 Å². The average Bonchev–Trinajstić information content (AvgIpc) is 2.28. The molecule has 0 aliphatic carbocycles. The Morgan fingerprint density at radius 2 is 1.95 bits per heavy atom. The maximum atomic E-state index is 11.3. The highest BCUT2D eigenvalue weighted by Gasteiger charge is 2.11. The first-order chi connectivity index (χ1) is 8.77. The molecule has 1 atom stereocenters. The molecule has 102 valence electrons. The lowest BCUT2D eigenvalue weighted by molar-refractivity contribution is -0.139. The normalized spacial score (nSPS) is 13.3. The van der Waals surface area contributed by atoms with E-state index >= 15 is 0 Å². The van der Waals surface area contributed by atoms with Gasteiger partial charge in [0, 0.05) is 11.3 Å². The number of carboxylic acid groups (broad SMARTS) is 2. The second-order valence-electron chi connectivity index (χ2n) is 3.76. The van der Waals surface area contributed by atoms with E-state index in [-0.39, 0.29) is 11.3 Å². The molecule has 0 aliphatic heterocycles. The summed E-state index contributed by atoms with van der Waals surface area (Å²) < 4.78 is 0. The third-order valence-corrected chi connectivity index (χ3v) is 2.05. The molecule has 3 N–H and O–H groups in total. The molecule has 0 spiro atoms. The summed E-state index contributed by atoms with van der Waals surface area (Å²) in [5.41, 5.74) is -0.0313. The van der Waals surface area contributed by atoms with Crippen LogP contribution in [0.3, 0.4) is 0 Å². The molecule has 1 unspecified atom stereocenters. The van der Waals surface area contributed by atoms with E-state index in [1.165, 1.54) is 19.9 Å². The van der Waals surface area contributed by atoms with Gasteiger partial charge in [-0.05, 0) is 26.0 Å². The van der Waals surface area contributed by atoms with Gasteiger partial charge in [-0.2, -0.15) is 5.26 Å². The molecule has 7 nitrogen and oxygen atoms in total. The molecule has 7 heteroatoms. The molecule has 0 saturated heterocycles. The lowest BCUT2D eigenvalue weighted by Crippen LogP contribution is -2.23. The molecule has 0 aromatic heterocycles. The number of carboxylic acids is 2. The summed E-state index contributed by atoms with van der Waals surface area (Å²) >= 11 is 0. The van der Waals surface area contributed by atoms with Crippen LogP contribution in [-0.4, -0.2) is 28.1 Å². The van der Waals surface area contributed by atoms with Gasteiger partial charge in [-0.3, -0.25) is 9.59 Å². The molecule has 0 rings (SSSR count). The first-order valence-electron chi connectivity index (χ1n) is 5.31. The van der Waals surface area contributed by atoms with E-state index < -0.39 is 30.2 Å². The Bertz CT molecular complexity index is 485. The Morgan fingerprint density at radius 3 is 2.37 bits per heavy atom. The second-order valence-corrected chi connectivity index (χ2v) is 3.76. The van der Waals surface area contributed by atoms with Gasteiger partial charge in [0.25, 0.3) is 0 Å². The Labute approximate surface area is 109 Å². The zero-order chi connectivity index (χ0) is 15.0.